The predicted molar refractivity (Wildman–Crippen MR) is 57.8 cm³/mol. The lowest BCUT2D eigenvalue weighted by Crippen LogP contribution is -2.40. The maximum absolute atomic E-state index is 11.5. The van der Waals surface area contributed by atoms with Gasteiger partial charge in [0.2, 0.25) is 0 Å². The van der Waals surface area contributed by atoms with Gasteiger partial charge in [0.1, 0.15) is 6.04 Å². The average molecular weight is 229 g/mol. The molecule has 16 heavy (non-hydrogen) atoms. The Morgan fingerprint density at radius 2 is 2.06 bits per heavy atom. The molecule has 0 spiro atoms. The summed E-state index contributed by atoms with van der Waals surface area (Å²) in [4.78, 5) is 24.7. The number of likely N-dealkylation sites (tertiary alicyclic amines) is 1. The van der Waals surface area contributed by atoms with Gasteiger partial charge in [-0.1, -0.05) is 6.92 Å². The molecular formula is C11H19NO4. The third-order valence-corrected chi connectivity index (χ3v) is 2.95. The van der Waals surface area contributed by atoms with Gasteiger partial charge in [-0.05, 0) is 19.4 Å². The van der Waals surface area contributed by atoms with Crippen LogP contribution in [0.1, 0.15) is 19.8 Å². The molecular weight excluding hydrogens is 210 g/mol. The lowest BCUT2D eigenvalue weighted by atomic mass is 10.1. The van der Waals surface area contributed by atoms with Crippen LogP contribution in [0, 0.1) is 5.92 Å². The molecule has 2 atom stereocenters. The second kappa shape index (κ2) is 5.84. The van der Waals surface area contributed by atoms with Crippen LogP contribution in [0.25, 0.3) is 0 Å². The van der Waals surface area contributed by atoms with Crippen molar-refractivity contribution in [1.82, 2.24) is 4.90 Å². The van der Waals surface area contributed by atoms with Crippen molar-refractivity contribution in [2.24, 2.45) is 5.92 Å². The topological polar surface area (TPSA) is 55.8 Å². The highest BCUT2D eigenvalue weighted by Crippen LogP contribution is 2.19. The van der Waals surface area contributed by atoms with Crippen molar-refractivity contribution in [1.29, 1.82) is 0 Å². The number of methoxy groups -OCH3 is 2. The molecule has 0 radical (unpaired) electrons. The first-order chi connectivity index (χ1) is 7.60. The van der Waals surface area contributed by atoms with E-state index >= 15 is 0 Å². The van der Waals surface area contributed by atoms with E-state index in [2.05, 4.69) is 4.74 Å². The average Bonchev–Trinajstić information content (AvgIpc) is 2.74. The second-order valence-electron chi connectivity index (χ2n) is 4.10. The van der Waals surface area contributed by atoms with E-state index in [9.17, 15) is 9.59 Å². The molecule has 5 heteroatoms. The van der Waals surface area contributed by atoms with Crippen molar-refractivity contribution in [3.05, 3.63) is 0 Å². The van der Waals surface area contributed by atoms with Gasteiger partial charge in [-0.3, -0.25) is 14.5 Å². The minimum Gasteiger partial charge on any atom is -0.469 e. The molecule has 0 bridgehead atoms. The van der Waals surface area contributed by atoms with Crippen molar-refractivity contribution < 1.29 is 19.1 Å². The first-order valence-corrected chi connectivity index (χ1v) is 5.49. The van der Waals surface area contributed by atoms with Crippen LogP contribution in [0.5, 0.6) is 0 Å². The van der Waals surface area contributed by atoms with Crippen molar-refractivity contribution in [3.8, 4) is 0 Å². The Labute approximate surface area is 95.7 Å². The van der Waals surface area contributed by atoms with Gasteiger partial charge in [0.25, 0.3) is 0 Å². The first kappa shape index (κ1) is 13.0. The van der Waals surface area contributed by atoms with Gasteiger partial charge in [0.05, 0.1) is 20.1 Å². The summed E-state index contributed by atoms with van der Waals surface area (Å²) in [5, 5.41) is 0. The van der Waals surface area contributed by atoms with Crippen LogP contribution in [-0.2, 0) is 19.1 Å². The quantitative estimate of drug-likeness (QED) is 0.654. The smallest absolute Gasteiger partial charge is 0.323 e. The number of nitrogens with zero attached hydrogens (tertiary/aromatic N) is 1. The zero-order valence-electron chi connectivity index (χ0n) is 10.1. The summed E-state index contributed by atoms with van der Waals surface area (Å²) in [7, 11) is 2.77. The lowest BCUT2D eigenvalue weighted by Gasteiger charge is -2.24. The van der Waals surface area contributed by atoms with Gasteiger partial charge >= 0.3 is 11.9 Å². The molecule has 0 saturated carbocycles. The molecule has 1 fully saturated rings. The third kappa shape index (κ3) is 2.95. The molecule has 2 unspecified atom stereocenters. The Hall–Kier alpha value is -1.10. The third-order valence-electron chi connectivity index (χ3n) is 2.95. The summed E-state index contributed by atoms with van der Waals surface area (Å²) >= 11 is 0. The molecule has 0 N–H and O–H groups in total. The van der Waals surface area contributed by atoms with E-state index in [-0.39, 0.29) is 23.9 Å². The van der Waals surface area contributed by atoms with Crippen molar-refractivity contribution >= 4 is 11.9 Å². The fourth-order valence-electron chi connectivity index (χ4n) is 2.08. The van der Waals surface area contributed by atoms with E-state index in [4.69, 9.17) is 4.74 Å². The summed E-state index contributed by atoms with van der Waals surface area (Å²) in [6.45, 7) is 3.19. The number of carbonyl (C=O) groups is 2. The maximum Gasteiger partial charge on any atom is 0.323 e. The van der Waals surface area contributed by atoms with E-state index in [1.54, 1.807) is 6.92 Å². The molecule has 0 aromatic rings. The van der Waals surface area contributed by atoms with E-state index < -0.39 is 0 Å². The molecule has 1 aliphatic rings. The van der Waals surface area contributed by atoms with Crippen molar-refractivity contribution in [2.75, 3.05) is 27.3 Å². The Kier molecular flexibility index (Phi) is 4.73. The van der Waals surface area contributed by atoms with Crippen molar-refractivity contribution in [3.63, 3.8) is 0 Å². The maximum atomic E-state index is 11.5. The highest BCUT2D eigenvalue weighted by Gasteiger charge is 2.33. The van der Waals surface area contributed by atoms with Crippen LogP contribution in [0.3, 0.4) is 0 Å². The van der Waals surface area contributed by atoms with E-state index in [0.717, 1.165) is 19.4 Å². The second-order valence-corrected chi connectivity index (χ2v) is 4.10. The molecule has 0 aromatic carbocycles. The Morgan fingerprint density at radius 3 is 2.62 bits per heavy atom. The van der Waals surface area contributed by atoms with Gasteiger partial charge < -0.3 is 9.47 Å². The molecule has 1 saturated heterocycles. The van der Waals surface area contributed by atoms with Crippen LogP contribution < -0.4 is 0 Å². The summed E-state index contributed by atoms with van der Waals surface area (Å²) < 4.78 is 9.40. The van der Waals surface area contributed by atoms with Gasteiger partial charge in [0, 0.05) is 6.54 Å². The molecule has 0 amide bonds. The minimum atomic E-state index is -0.240. The van der Waals surface area contributed by atoms with Crippen molar-refractivity contribution in [2.45, 2.75) is 25.8 Å². The summed E-state index contributed by atoms with van der Waals surface area (Å²) in [6, 6.07) is -0.197. The fourth-order valence-corrected chi connectivity index (χ4v) is 2.08. The molecule has 1 rings (SSSR count). The van der Waals surface area contributed by atoms with Gasteiger partial charge in [-0.2, -0.15) is 0 Å². The van der Waals surface area contributed by atoms with Gasteiger partial charge in [-0.15, -0.1) is 0 Å². The molecule has 5 nitrogen and oxygen atoms in total. The largest absolute Gasteiger partial charge is 0.469 e. The van der Waals surface area contributed by atoms with E-state index in [0.29, 0.717) is 6.54 Å². The highest BCUT2D eigenvalue weighted by atomic mass is 16.5. The molecule has 0 aliphatic carbocycles. The summed E-state index contributed by atoms with van der Waals surface area (Å²) in [5.74, 6) is -0.666. The fraction of sp³-hybridized carbons (Fsp3) is 0.818. The van der Waals surface area contributed by atoms with E-state index in [1.165, 1.54) is 14.2 Å². The number of ether oxygens (including phenoxy) is 2. The van der Waals surface area contributed by atoms with Crippen LogP contribution >= 0.6 is 0 Å². The summed E-state index contributed by atoms with van der Waals surface area (Å²) in [6.07, 6.45) is 1.77. The number of carbonyl (C=O) groups excluding carboxylic acids is 2. The monoisotopic (exact) mass is 229 g/mol. The summed E-state index contributed by atoms with van der Waals surface area (Å²) in [5.41, 5.74) is 0. The van der Waals surface area contributed by atoms with Crippen LogP contribution in [-0.4, -0.2) is 50.2 Å². The van der Waals surface area contributed by atoms with E-state index in [1.807, 2.05) is 4.90 Å². The lowest BCUT2D eigenvalue weighted by molar-refractivity contribution is -0.149. The van der Waals surface area contributed by atoms with Crippen LogP contribution in [0.4, 0.5) is 0 Å². The first-order valence-electron chi connectivity index (χ1n) is 5.49. The number of hydrogen-bond acceptors (Lipinski definition) is 5. The SMILES string of the molecule is COC(=O)C(C)CN1CCCC1C(=O)OC. The highest BCUT2D eigenvalue weighted by molar-refractivity contribution is 5.76. The standard InChI is InChI=1S/C11H19NO4/c1-8(10(13)15-2)7-12-6-4-5-9(12)11(14)16-3/h8-9H,4-7H2,1-3H3. The Morgan fingerprint density at radius 1 is 1.38 bits per heavy atom. The minimum absolute atomic E-state index is 0.197. The number of rotatable bonds is 4. The molecule has 92 valence electrons. The molecule has 1 heterocycles. The predicted octanol–water partition coefficient (Wildman–Crippen LogP) is 0.433. The normalized spacial score (nSPS) is 22.8. The zero-order chi connectivity index (χ0) is 12.1. The van der Waals surface area contributed by atoms with Crippen LogP contribution in [0.15, 0.2) is 0 Å². The Balaban J connectivity index is 2.52. The van der Waals surface area contributed by atoms with Crippen LogP contribution in [0.2, 0.25) is 0 Å². The molecule has 0 aromatic heterocycles. The number of hydrogen-bond donors (Lipinski definition) is 0. The molecule has 1 aliphatic heterocycles. The van der Waals surface area contributed by atoms with Gasteiger partial charge in [0.15, 0.2) is 0 Å². The zero-order valence-corrected chi connectivity index (χ0v) is 10.1. The number of esters is 2. The van der Waals surface area contributed by atoms with Gasteiger partial charge in [-0.25, -0.2) is 0 Å². The Bertz CT molecular complexity index is 267.